The van der Waals surface area contributed by atoms with E-state index in [0.29, 0.717) is 17.4 Å². The van der Waals surface area contributed by atoms with Gasteiger partial charge in [0.15, 0.2) is 0 Å². The van der Waals surface area contributed by atoms with Crippen LogP contribution in [0.5, 0.6) is 11.5 Å². The van der Waals surface area contributed by atoms with Crippen molar-refractivity contribution in [3.63, 3.8) is 0 Å². The molecule has 2 aromatic heterocycles. The van der Waals surface area contributed by atoms with E-state index >= 15 is 0 Å². The van der Waals surface area contributed by atoms with Gasteiger partial charge in [0.25, 0.3) is 0 Å². The second kappa shape index (κ2) is 11.3. The second-order valence-corrected chi connectivity index (χ2v) is 14.1. The number of benzene rings is 5. The normalized spacial score (nSPS) is 17.8. The van der Waals surface area contributed by atoms with Gasteiger partial charge in [-0.15, -0.1) is 23.1 Å². The zero-order valence-electron chi connectivity index (χ0n) is 28.2. The summed E-state index contributed by atoms with van der Waals surface area (Å²) in [5, 5.41) is 2.35. The van der Waals surface area contributed by atoms with Crippen LogP contribution in [-0.2, 0) is 37.6 Å². The van der Waals surface area contributed by atoms with Crippen molar-refractivity contribution >= 4 is 27.7 Å². The van der Waals surface area contributed by atoms with Crippen LogP contribution in [0.2, 0.25) is 0 Å². The Hall–Kier alpha value is -4.99. The maximum Gasteiger partial charge on any atom is 2.00 e. The Kier molecular flexibility index (Phi) is 6.99. The number of hydrogen-bond acceptors (Lipinski definition) is 4. The molecule has 0 N–H and O–H groups in total. The van der Waals surface area contributed by atoms with Crippen LogP contribution < -0.4 is 4.74 Å². The van der Waals surface area contributed by atoms with Gasteiger partial charge in [-0.3, -0.25) is 4.99 Å². The number of fused-ring (bicyclic) bond motifs is 8. The third-order valence-electron chi connectivity index (χ3n) is 10.6. The molecule has 2 aliphatic heterocycles. The summed E-state index contributed by atoms with van der Waals surface area (Å²) >= 11 is 0. The first kappa shape index (κ1) is 31.0. The molecular weight excluding hydrogens is 798 g/mol. The van der Waals surface area contributed by atoms with E-state index in [-0.39, 0.29) is 38.6 Å². The van der Waals surface area contributed by atoms with Crippen molar-refractivity contribution in [2.45, 2.75) is 51.7 Å². The van der Waals surface area contributed by atoms with E-state index < -0.39 is 0 Å². The number of ether oxygens (including phenoxy) is 2. The van der Waals surface area contributed by atoms with E-state index in [1.807, 2.05) is 24.4 Å². The molecule has 0 radical (unpaired) electrons. The number of hydrogen-bond donors (Lipinski definition) is 0. The van der Waals surface area contributed by atoms with Crippen LogP contribution in [0.4, 0.5) is 0 Å². The number of pyridine rings is 1. The van der Waals surface area contributed by atoms with Gasteiger partial charge in [-0.1, -0.05) is 128 Å². The van der Waals surface area contributed by atoms with Crippen LogP contribution in [0.25, 0.3) is 38.8 Å². The van der Waals surface area contributed by atoms with Crippen molar-refractivity contribution in [1.82, 2.24) is 9.55 Å². The fourth-order valence-electron chi connectivity index (χ4n) is 8.19. The average molecular weight is 831 g/mol. The average Bonchev–Trinajstić information content (AvgIpc) is 3.78. The van der Waals surface area contributed by atoms with Crippen molar-refractivity contribution in [2.24, 2.45) is 4.99 Å². The van der Waals surface area contributed by atoms with Crippen LogP contribution in [0, 0.1) is 26.0 Å². The van der Waals surface area contributed by atoms with Gasteiger partial charge in [0, 0.05) is 40.6 Å². The van der Waals surface area contributed by atoms with Gasteiger partial charge in [-0.25, -0.2) is 4.98 Å². The van der Waals surface area contributed by atoms with Crippen molar-refractivity contribution in [1.29, 1.82) is 0 Å². The molecule has 246 valence electrons. The molecule has 5 nitrogen and oxygen atoms in total. The van der Waals surface area contributed by atoms with Crippen molar-refractivity contribution in [3.05, 3.63) is 154 Å². The fourth-order valence-corrected chi connectivity index (χ4v) is 8.19. The number of aromatic nitrogens is 2. The van der Waals surface area contributed by atoms with E-state index in [1.165, 1.54) is 38.7 Å². The first-order chi connectivity index (χ1) is 23.8. The Morgan fingerprint density at radius 3 is 2.52 bits per heavy atom. The van der Waals surface area contributed by atoms with Crippen LogP contribution in [0.15, 0.2) is 108 Å². The first-order valence-corrected chi connectivity index (χ1v) is 16.9. The van der Waals surface area contributed by atoms with Gasteiger partial charge in [-0.05, 0) is 40.6 Å². The van der Waals surface area contributed by atoms with Crippen LogP contribution in [-0.4, -0.2) is 21.6 Å². The van der Waals surface area contributed by atoms with Crippen molar-refractivity contribution < 1.29 is 30.5 Å². The van der Waals surface area contributed by atoms with Gasteiger partial charge < -0.3 is 14.0 Å². The van der Waals surface area contributed by atoms with Crippen molar-refractivity contribution in [2.75, 3.05) is 0 Å². The Morgan fingerprint density at radius 1 is 0.840 bits per heavy atom. The minimum absolute atomic E-state index is 0. The van der Waals surface area contributed by atoms with Crippen LogP contribution in [0.3, 0.4) is 0 Å². The Labute approximate surface area is 305 Å². The molecule has 0 amide bonds. The smallest absolute Gasteiger partial charge is 0.514 e. The Morgan fingerprint density at radius 2 is 1.66 bits per heavy atom. The van der Waals surface area contributed by atoms with Gasteiger partial charge in [0.2, 0.25) is 0 Å². The minimum atomic E-state index is -0.193. The number of nitrogens with zero attached hydrogens (tertiary/aromatic N) is 3. The summed E-state index contributed by atoms with van der Waals surface area (Å²) in [6.45, 7) is 8.86. The third kappa shape index (κ3) is 4.56. The molecule has 5 aromatic carbocycles. The number of rotatable bonds is 4. The molecule has 3 aliphatic rings. The molecular formula is C44H33N3O2Pt. The molecule has 7 aromatic rings. The summed E-state index contributed by atoms with van der Waals surface area (Å²) in [5.41, 5.74) is 12.1. The van der Waals surface area contributed by atoms with Gasteiger partial charge in [-0.2, -0.15) is 6.07 Å². The number of aryl methyl sites for hydroxylation is 2. The molecule has 6 heteroatoms. The Balaban J connectivity index is 0.00000336. The maximum absolute atomic E-state index is 6.77. The van der Waals surface area contributed by atoms with Crippen molar-refractivity contribution in [3.8, 4) is 28.4 Å². The minimum Gasteiger partial charge on any atom is -0.514 e. The van der Waals surface area contributed by atoms with E-state index in [2.05, 4.69) is 123 Å². The van der Waals surface area contributed by atoms with E-state index in [0.717, 1.165) is 45.4 Å². The molecule has 0 saturated heterocycles. The fraction of sp³-hybridized carbons (Fsp3) is 0.182. The molecule has 50 heavy (non-hydrogen) atoms. The van der Waals surface area contributed by atoms with E-state index in [4.69, 9.17) is 19.5 Å². The molecule has 0 fully saturated rings. The molecule has 2 atom stereocenters. The zero-order valence-corrected chi connectivity index (χ0v) is 30.4. The molecule has 0 spiro atoms. The first-order valence-electron chi connectivity index (χ1n) is 16.9. The SMILES string of the molecule is Cc1cc2c3c(c1)c1cc(C)c(Oc4[c-]c(C5=N[C@@H]6c7ccccc7C[C@@H]6O5)cc(-c5ccccc5)c4)[c-]c1n3-c1ncccc1C2(C)C.[Pt+2]. The summed E-state index contributed by atoms with van der Waals surface area (Å²) in [4.78, 5) is 10.0. The molecule has 1 aliphatic carbocycles. The van der Waals surface area contributed by atoms with Crippen LogP contribution in [0.1, 0.15) is 58.8 Å². The molecule has 0 saturated carbocycles. The molecule has 0 bridgehead atoms. The molecule has 4 heterocycles. The summed E-state index contributed by atoms with van der Waals surface area (Å²) in [6.07, 6.45) is 2.73. The summed E-state index contributed by atoms with van der Waals surface area (Å²) in [7, 11) is 0. The largest absolute Gasteiger partial charge is 2.00 e. The predicted octanol–water partition coefficient (Wildman–Crippen LogP) is 9.93. The van der Waals surface area contributed by atoms with Gasteiger partial charge >= 0.3 is 21.1 Å². The summed E-state index contributed by atoms with van der Waals surface area (Å²) in [6, 6.07) is 41.3. The third-order valence-corrected chi connectivity index (χ3v) is 10.6. The Bertz CT molecular complexity index is 2550. The topological polar surface area (TPSA) is 48.6 Å². The molecule has 0 unspecified atom stereocenters. The number of aliphatic imine (C=N–C) groups is 1. The standard InChI is InChI=1S/C44H33N3O2.Pt/c1-25-17-34-33-19-26(2)38(24-37(33)47-41(34)36(18-25)44(3,4)35-15-10-16-45-42(35)47)48-31-21-29(27-11-6-5-7-12-27)20-30(22-31)43-46-40-32-14-9-8-13-28(32)23-39(40)49-43;/h5-21,39-40H,23H2,1-4H3;/q-2;+2/t39-,40+;/m0./s1. The quantitative estimate of drug-likeness (QED) is 0.166. The monoisotopic (exact) mass is 830 g/mol. The maximum atomic E-state index is 6.77. The second-order valence-electron chi connectivity index (χ2n) is 14.1. The van der Waals surface area contributed by atoms with Gasteiger partial charge in [0.05, 0.1) is 0 Å². The molecule has 10 rings (SSSR count). The van der Waals surface area contributed by atoms with Crippen LogP contribution >= 0.6 is 0 Å². The van der Waals surface area contributed by atoms with Gasteiger partial charge in [0.1, 0.15) is 23.9 Å². The summed E-state index contributed by atoms with van der Waals surface area (Å²) in [5.74, 6) is 2.79. The summed E-state index contributed by atoms with van der Waals surface area (Å²) < 4.78 is 15.6. The predicted molar refractivity (Wildman–Crippen MR) is 194 cm³/mol. The zero-order chi connectivity index (χ0) is 33.0. The van der Waals surface area contributed by atoms with E-state index in [1.54, 1.807) is 0 Å². The van der Waals surface area contributed by atoms with E-state index in [9.17, 15) is 0 Å².